The number of hydrogen-bond donors (Lipinski definition) is 1. The van der Waals surface area contributed by atoms with Crippen LogP contribution in [-0.4, -0.2) is 44.8 Å². The van der Waals surface area contributed by atoms with Gasteiger partial charge in [-0.2, -0.15) is 0 Å². The smallest absolute Gasteiger partial charge is 0.264 e. The molecule has 184 valence electrons. The molecule has 0 aliphatic rings. The molecule has 0 aliphatic carbocycles. The van der Waals surface area contributed by atoms with Crippen molar-refractivity contribution in [1.82, 2.24) is 10.2 Å². The van der Waals surface area contributed by atoms with Crippen LogP contribution in [0.1, 0.15) is 18.1 Å². The Morgan fingerprint density at radius 2 is 1.63 bits per heavy atom. The summed E-state index contributed by atoms with van der Waals surface area (Å²) >= 11 is 6.11. The van der Waals surface area contributed by atoms with E-state index in [9.17, 15) is 18.0 Å². The molecule has 9 heteroatoms. The summed E-state index contributed by atoms with van der Waals surface area (Å²) in [4.78, 5) is 27.5. The van der Waals surface area contributed by atoms with E-state index in [2.05, 4.69) is 5.32 Å². The van der Waals surface area contributed by atoms with Gasteiger partial charge in [-0.25, -0.2) is 8.42 Å². The Morgan fingerprint density at radius 3 is 2.23 bits per heavy atom. The van der Waals surface area contributed by atoms with Crippen molar-refractivity contribution in [1.29, 1.82) is 0 Å². The van der Waals surface area contributed by atoms with Crippen molar-refractivity contribution in [3.63, 3.8) is 0 Å². The molecule has 3 rings (SSSR count). The molecule has 0 bridgehead atoms. The first-order valence-electron chi connectivity index (χ1n) is 11.0. The number of nitrogens with one attached hydrogen (secondary N) is 1. The molecule has 1 atom stereocenters. The molecule has 0 saturated carbocycles. The Morgan fingerprint density at radius 1 is 0.971 bits per heavy atom. The lowest BCUT2D eigenvalue weighted by molar-refractivity contribution is -0.139. The lowest BCUT2D eigenvalue weighted by Gasteiger charge is -2.31. The van der Waals surface area contributed by atoms with Crippen molar-refractivity contribution in [2.24, 2.45) is 0 Å². The topological polar surface area (TPSA) is 86.8 Å². The normalized spacial score (nSPS) is 12.0. The van der Waals surface area contributed by atoms with E-state index in [-0.39, 0.29) is 17.3 Å². The molecule has 0 heterocycles. The molecule has 3 aromatic rings. The van der Waals surface area contributed by atoms with Crippen molar-refractivity contribution >= 4 is 39.1 Å². The van der Waals surface area contributed by atoms with Gasteiger partial charge in [-0.05, 0) is 55.8 Å². The maximum Gasteiger partial charge on any atom is 0.264 e. The maximum atomic E-state index is 13.6. The molecule has 0 aromatic heterocycles. The van der Waals surface area contributed by atoms with Crippen molar-refractivity contribution in [3.05, 3.63) is 95.0 Å². The van der Waals surface area contributed by atoms with Gasteiger partial charge in [-0.3, -0.25) is 13.9 Å². The first kappa shape index (κ1) is 26.2. The molecule has 0 unspecified atom stereocenters. The van der Waals surface area contributed by atoms with Gasteiger partial charge in [-0.1, -0.05) is 59.6 Å². The number of benzene rings is 3. The Balaban J connectivity index is 2.00. The minimum Gasteiger partial charge on any atom is -0.357 e. The van der Waals surface area contributed by atoms with E-state index < -0.39 is 28.5 Å². The maximum absolute atomic E-state index is 13.6. The number of hydrogen-bond acceptors (Lipinski definition) is 4. The second-order valence-electron chi connectivity index (χ2n) is 8.10. The third kappa shape index (κ3) is 6.41. The number of para-hydroxylation sites is 1. The number of anilines is 1. The summed E-state index contributed by atoms with van der Waals surface area (Å²) in [5.41, 5.74) is 1.98. The summed E-state index contributed by atoms with van der Waals surface area (Å²) in [7, 11) is -2.58. The van der Waals surface area contributed by atoms with E-state index >= 15 is 0 Å². The second-order valence-corrected chi connectivity index (χ2v) is 10.4. The standard InChI is InChI=1S/C26H28ClN3O4S/c1-19-12-14-24(15-13-19)35(33,34)30(23-10-5-4-6-11-23)18-25(31)29(20(2)26(32)28-3)17-21-8-7-9-22(27)16-21/h4-16,20H,17-18H2,1-3H3,(H,28,32)/t20-/m1/s1. The third-order valence-corrected chi connectivity index (χ3v) is 7.61. The minimum atomic E-state index is -4.07. The van der Waals surface area contributed by atoms with E-state index in [0.717, 1.165) is 9.87 Å². The molecule has 7 nitrogen and oxygen atoms in total. The van der Waals surface area contributed by atoms with Crippen LogP contribution in [-0.2, 0) is 26.2 Å². The first-order chi connectivity index (χ1) is 16.6. The summed E-state index contributed by atoms with van der Waals surface area (Å²) in [6.07, 6.45) is 0. The van der Waals surface area contributed by atoms with Crippen LogP contribution in [0.25, 0.3) is 0 Å². The zero-order valence-corrected chi connectivity index (χ0v) is 21.4. The van der Waals surface area contributed by atoms with Gasteiger partial charge in [0.2, 0.25) is 11.8 Å². The molecule has 0 radical (unpaired) electrons. The van der Waals surface area contributed by atoms with Crippen molar-refractivity contribution < 1.29 is 18.0 Å². The SMILES string of the molecule is CNC(=O)[C@@H](C)N(Cc1cccc(Cl)c1)C(=O)CN(c1ccccc1)S(=O)(=O)c1ccc(C)cc1. The third-order valence-electron chi connectivity index (χ3n) is 5.59. The number of sulfonamides is 1. The average Bonchev–Trinajstić information content (AvgIpc) is 2.85. The van der Waals surface area contributed by atoms with Crippen LogP contribution >= 0.6 is 11.6 Å². The van der Waals surface area contributed by atoms with Gasteiger partial charge in [0.15, 0.2) is 0 Å². The van der Waals surface area contributed by atoms with Crippen LogP contribution in [0.4, 0.5) is 5.69 Å². The van der Waals surface area contributed by atoms with E-state index in [0.29, 0.717) is 16.3 Å². The molecule has 3 aromatic carbocycles. The average molecular weight is 514 g/mol. The number of nitrogens with zero attached hydrogens (tertiary/aromatic N) is 2. The van der Waals surface area contributed by atoms with E-state index in [1.54, 1.807) is 73.7 Å². The molecule has 35 heavy (non-hydrogen) atoms. The van der Waals surface area contributed by atoms with Gasteiger partial charge in [0.1, 0.15) is 12.6 Å². The van der Waals surface area contributed by atoms with Crippen molar-refractivity contribution in [2.75, 3.05) is 17.9 Å². The molecule has 0 fully saturated rings. The number of amides is 2. The Bertz CT molecular complexity index is 1280. The van der Waals surface area contributed by atoms with E-state index in [1.807, 2.05) is 6.92 Å². The summed E-state index contributed by atoms with van der Waals surface area (Å²) in [5.74, 6) is -0.895. The number of likely N-dealkylation sites (N-methyl/N-ethyl adjacent to an activating group) is 1. The van der Waals surface area contributed by atoms with Crippen LogP contribution in [0.5, 0.6) is 0 Å². The monoisotopic (exact) mass is 513 g/mol. The largest absolute Gasteiger partial charge is 0.357 e. The van der Waals surface area contributed by atoms with Gasteiger partial charge in [0, 0.05) is 18.6 Å². The van der Waals surface area contributed by atoms with Crippen LogP contribution in [0.2, 0.25) is 5.02 Å². The Kier molecular flexibility index (Phi) is 8.53. The highest BCUT2D eigenvalue weighted by Crippen LogP contribution is 2.25. The molecule has 2 amide bonds. The zero-order valence-electron chi connectivity index (χ0n) is 19.8. The fourth-order valence-electron chi connectivity index (χ4n) is 3.58. The van der Waals surface area contributed by atoms with Crippen LogP contribution in [0.3, 0.4) is 0 Å². The fourth-order valence-corrected chi connectivity index (χ4v) is 5.21. The van der Waals surface area contributed by atoms with Gasteiger partial charge >= 0.3 is 0 Å². The predicted molar refractivity (Wildman–Crippen MR) is 138 cm³/mol. The lowest BCUT2D eigenvalue weighted by atomic mass is 10.1. The Hall–Kier alpha value is -3.36. The summed E-state index contributed by atoms with van der Waals surface area (Å²) in [6.45, 7) is 3.06. The van der Waals surface area contributed by atoms with Gasteiger partial charge in [-0.15, -0.1) is 0 Å². The van der Waals surface area contributed by atoms with Gasteiger partial charge in [0.25, 0.3) is 10.0 Å². The van der Waals surface area contributed by atoms with Crippen LogP contribution in [0, 0.1) is 6.92 Å². The van der Waals surface area contributed by atoms with E-state index in [4.69, 9.17) is 11.6 Å². The predicted octanol–water partition coefficient (Wildman–Crippen LogP) is 4.01. The summed E-state index contributed by atoms with van der Waals surface area (Å²) in [5, 5.41) is 3.05. The molecule has 0 aliphatic heterocycles. The number of carbonyl (C=O) groups excluding carboxylic acids is 2. The molecule has 1 N–H and O–H groups in total. The lowest BCUT2D eigenvalue weighted by Crippen LogP contribution is -2.50. The van der Waals surface area contributed by atoms with Crippen molar-refractivity contribution in [2.45, 2.75) is 31.3 Å². The highest BCUT2D eigenvalue weighted by molar-refractivity contribution is 7.92. The second kappa shape index (κ2) is 11.4. The minimum absolute atomic E-state index is 0.0699. The van der Waals surface area contributed by atoms with Crippen molar-refractivity contribution in [3.8, 4) is 0 Å². The molecular formula is C26H28ClN3O4S. The highest BCUT2D eigenvalue weighted by atomic mass is 35.5. The first-order valence-corrected chi connectivity index (χ1v) is 12.8. The zero-order chi connectivity index (χ0) is 25.6. The number of aryl methyl sites for hydroxylation is 1. The molecular weight excluding hydrogens is 486 g/mol. The van der Waals surface area contributed by atoms with Gasteiger partial charge in [0.05, 0.1) is 10.6 Å². The highest BCUT2D eigenvalue weighted by Gasteiger charge is 2.32. The molecule has 0 spiro atoms. The summed E-state index contributed by atoms with van der Waals surface area (Å²) in [6, 6.07) is 21.0. The van der Waals surface area contributed by atoms with Gasteiger partial charge < -0.3 is 10.2 Å². The summed E-state index contributed by atoms with van der Waals surface area (Å²) < 4.78 is 28.3. The number of carbonyl (C=O) groups is 2. The van der Waals surface area contributed by atoms with E-state index in [1.165, 1.54) is 24.1 Å². The molecule has 0 saturated heterocycles. The van der Waals surface area contributed by atoms with Crippen LogP contribution in [0.15, 0.2) is 83.8 Å². The fraction of sp³-hybridized carbons (Fsp3) is 0.231. The quantitative estimate of drug-likeness (QED) is 0.468. The number of rotatable bonds is 9. The Labute approximate surface area is 211 Å². The van der Waals surface area contributed by atoms with Crippen LogP contribution < -0.4 is 9.62 Å². The number of halogens is 1.